The molecule has 2 aromatic carbocycles. The van der Waals surface area contributed by atoms with Gasteiger partial charge < -0.3 is 15.4 Å². The number of ether oxygens (including phenoxy) is 1. The van der Waals surface area contributed by atoms with Crippen molar-refractivity contribution in [2.75, 3.05) is 17.2 Å². The Bertz CT molecular complexity index is 822. The average molecular weight is 400 g/mol. The summed E-state index contributed by atoms with van der Waals surface area (Å²) in [4.78, 5) is 24.1. The summed E-state index contributed by atoms with van der Waals surface area (Å²) in [6.45, 7) is 4.49. The molecule has 148 valence electrons. The molecule has 0 aliphatic carbocycles. The maximum atomic E-state index is 12.5. The van der Waals surface area contributed by atoms with E-state index in [0.29, 0.717) is 35.7 Å². The van der Waals surface area contributed by atoms with Gasteiger partial charge in [-0.3, -0.25) is 14.9 Å². The highest BCUT2D eigenvalue weighted by Crippen LogP contribution is 2.18. The summed E-state index contributed by atoms with van der Waals surface area (Å²) in [5.74, 6) is 0.166. The number of thiocarbonyl (C=S) groups is 1. The van der Waals surface area contributed by atoms with E-state index in [9.17, 15) is 9.59 Å². The quantitative estimate of drug-likeness (QED) is 0.576. The minimum Gasteiger partial charge on any atom is -0.493 e. The van der Waals surface area contributed by atoms with Gasteiger partial charge in [-0.15, -0.1) is 0 Å². The first-order valence-corrected chi connectivity index (χ1v) is 9.68. The standard InChI is InChI=1S/C21H25N3O3S/c1-3-7-19(25)22-15-10-12-16(13-11-15)23-21(28)24-20(26)17-8-5-6-9-18(17)27-14-4-2/h5-6,8-13H,3-4,7,14H2,1-2H3,(H,22,25)(H2,23,24,26,28). The molecule has 3 N–H and O–H groups in total. The van der Waals surface area contributed by atoms with Crippen LogP contribution < -0.4 is 20.7 Å². The molecule has 0 unspecified atom stereocenters. The molecule has 0 aliphatic rings. The number of hydrogen-bond acceptors (Lipinski definition) is 4. The van der Waals surface area contributed by atoms with Crippen LogP contribution in [-0.4, -0.2) is 23.5 Å². The fraction of sp³-hybridized carbons (Fsp3) is 0.286. The molecule has 0 spiro atoms. The number of carbonyl (C=O) groups excluding carboxylic acids is 2. The predicted molar refractivity (Wildman–Crippen MR) is 116 cm³/mol. The highest BCUT2D eigenvalue weighted by molar-refractivity contribution is 7.80. The van der Waals surface area contributed by atoms with Crippen molar-refractivity contribution >= 4 is 40.5 Å². The summed E-state index contributed by atoms with van der Waals surface area (Å²) in [5, 5.41) is 8.61. The molecule has 0 heterocycles. The zero-order valence-electron chi connectivity index (χ0n) is 16.1. The van der Waals surface area contributed by atoms with Crippen molar-refractivity contribution in [3.8, 4) is 5.75 Å². The van der Waals surface area contributed by atoms with Gasteiger partial charge in [0.2, 0.25) is 5.91 Å². The molecule has 0 bridgehead atoms. The van der Waals surface area contributed by atoms with Crippen molar-refractivity contribution in [2.24, 2.45) is 0 Å². The number of amides is 2. The Morgan fingerprint density at radius 1 is 0.929 bits per heavy atom. The summed E-state index contributed by atoms with van der Waals surface area (Å²) in [5.41, 5.74) is 1.84. The van der Waals surface area contributed by atoms with E-state index >= 15 is 0 Å². The topological polar surface area (TPSA) is 79.5 Å². The van der Waals surface area contributed by atoms with E-state index in [1.807, 2.05) is 19.9 Å². The van der Waals surface area contributed by atoms with Crippen molar-refractivity contribution in [1.29, 1.82) is 0 Å². The van der Waals surface area contributed by atoms with Crippen molar-refractivity contribution in [1.82, 2.24) is 5.32 Å². The molecule has 2 aromatic rings. The summed E-state index contributed by atoms with van der Waals surface area (Å²) in [6.07, 6.45) is 2.14. The van der Waals surface area contributed by atoms with E-state index in [2.05, 4.69) is 16.0 Å². The molecule has 0 atom stereocenters. The fourth-order valence-electron chi connectivity index (χ4n) is 2.41. The molecule has 2 rings (SSSR count). The number of hydrogen-bond donors (Lipinski definition) is 3. The fourth-order valence-corrected chi connectivity index (χ4v) is 2.62. The van der Waals surface area contributed by atoms with Gasteiger partial charge in [0.05, 0.1) is 12.2 Å². The zero-order valence-corrected chi connectivity index (χ0v) is 16.9. The number of anilines is 2. The van der Waals surface area contributed by atoms with Crippen LogP contribution in [0.25, 0.3) is 0 Å². The number of nitrogens with one attached hydrogen (secondary N) is 3. The smallest absolute Gasteiger partial charge is 0.261 e. The van der Waals surface area contributed by atoms with Crippen LogP contribution in [0.15, 0.2) is 48.5 Å². The summed E-state index contributed by atoms with van der Waals surface area (Å²) in [7, 11) is 0. The lowest BCUT2D eigenvalue weighted by Crippen LogP contribution is -2.34. The first kappa shape index (κ1) is 21.4. The van der Waals surface area contributed by atoms with Crippen molar-refractivity contribution in [3.63, 3.8) is 0 Å². The van der Waals surface area contributed by atoms with Gasteiger partial charge >= 0.3 is 0 Å². The van der Waals surface area contributed by atoms with Gasteiger partial charge in [0.1, 0.15) is 5.75 Å². The maximum absolute atomic E-state index is 12.5. The van der Waals surface area contributed by atoms with Crippen LogP contribution in [0.3, 0.4) is 0 Å². The molecule has 0 fully saturated rings. The average Bonchev–Trinajstić information content (AvgIpc) is 2.68. The summed E-state index contributed by atoms with van der Waals surface area (Å²) < 4.78 is 5.61. The Balaban J connectivity index is 1.93. The predicted octanol–water partition coefficient (Wildman–Crippen LogP) is 4.34. The second-order valence-corrected chi connectivity index (χ2v) is 6.54. The number of para-hydroxylation sites is 1. The molecule has 28 heavy (non-hydrogen) atoms. The lowest BCUT2D eigenvalue weighted by Gasteiger charge is -2.13. The normalized spacial score (nSPS) is 10.1. The number of carbonyl (C=O) groups is 2. The highest BCUT2D eigenvalue weighted by atomic mass is 32.1. The SMILES string of the molecule is CCCOc1ccccc1C(=O)NC(=S)Nc1ccc(NC(=O)CCC)cc1. The Morgan fingerprint density at radius 2 is 1.57 bits per heavy atom. The Morgan fingerprint density at radius 3 is 2.21 bits per heavy atom. The van der Waals surface area contributed by atoms with Gasteiger partial charge in [-0.05, 0) is 61.5 Å². The van der Waals surface area contributed by atoms with Crippen LogP contribution in [0, 0.1) is 0 Å². The van der Waals surface area contributed by atoms with E-state index in [1.165, 1.54) is 0 Å². The van der Waals surface area contributed by atoms with Crippen molar-refractivity contribution in [3.05, 3.63) is 54.1 Å². The molecule has 0 aliphatic heterocycles. The van der Waals surface area contributed by atoms with Gasteiger partial charge in [-0.1, -0.05) is 26.0 Å². The minimum atomic E-state index is -0.340. The molecular weight excluding hydrogens is 374 g/mol. The third-order valence-electron chi connectivity index (χ3n) is 3.72. The van der Waals surface area contributed by atoms with Crippen LogP contribution in [0.2, 0.25) is 0 Å². The molecular formula is C21H25N3O3S. The molecule has 2 amide bonds. The van der Waals surface area contributed by atoms with Gasteiger partial charge in [0.25, 0.3) is 5.91 Å². The van der Waals surface area contributed by atoms with Gasteiger partial charge in [-0.25, -0.2) is 0 Å². The van der Waals surface area contributed by atoms with Crippen LogP contribution in [0.1, 0.15) is 43.5 Å². The van der Waals surface area contributed by atoms with Gasteiger partial charge in [0.15, 0.2) is 5.11 Å². The van der Waals surface area contributed by atoms with Crippen LogP contribution in [0.4, 0.5) is 11.4 Å². The van der Waals surface area contributed by atoms with E-state index < -0.39 is 0 Å². The van der Waals surface area contributed by atoms with E-state index in [4.69, 9.17) is 17.0 Å². The molecule has 0 aromatic heterocycles. The second kappa shape index (κ2) is 11.0. The van der Waals surface area contributed by atoms with E-state index in [-0.39, 0.29) is 16.9 Å². The van der Waals surface area contributed by atoms with Crippen LogP contribution >= 0.6 is 12.2 Å². The lowest BCUT2D eigenvalue weighted by atomic mass is 10.2. The number of rotatable bonds is 8. The van der Waals surface area contributed by atoms with Crippen molar-refractivity contribution in [2.45, 2.75) is 33.1 Å². The maximum Gasteiger partial charge on any atom is 0.261 e. The zero-order chi connectivity index (χ0) is 20.4. The highest BCUT2D eigenvalue weighted by Gasteiger charge is 2.13. The molecule has 0 saturated heterocycles. The van der Waals surface area contributed by atoms with E-state index in [1.54, 1.807) is 42.5 Å². The third kappa shape index (κ3) is 6.66. The minimum absolute atomic E-state index is 0.0186. The van der Waals surface area contributed by atoms with E-state index in [0.717, 1.165) is 12.8 Å². The van der Waals surface area contributed by atoms with Crippen LogP contribution in [0.5, 0.6) is 5.75 Å². The molecule has 7 heteroatoms. The second-order valence-electron chi connectivity index (χ2n) is 6.13. The summed E-state index contributed by atoms with van der Waals surface area (Å²) >= 11 is 5.23. The summed E-state index contributed by atoms with van der Waals surface area (Å²) in [6, 6.07) is 14.1. The monoisotopic (exact) mass is 399 g/mol. The number of benzene rings is 2. The Labute approximate surface area is 170 Å². The largest absolute Gasteiger partial charge is 0.493 e. The molecule has 0 radical (unpaired) electrons. The lowest BCUT2D eigenvalue weighted by molar-refractivity contribution is -0.116. The first-order chi connectivity index (χ1) is 13.5. The Kier molecular flexibility index (Phi) is 8.42. The van der Waals surface area contributed by atoms with Crippen molar-refractivity contribution < 1.29 is 14.3 Å². The molecule has 6 nitrogen and oxygen atoms in total. The van der Waals surface area contributed by atoms with Crippen LogP contribution in [-0.2, 0) is 4.79 Å². The third-order valence-corrected chi connectivity index (χ3v) is 3.93. The Hall–Kier alpha value is -2.93. The first-order valence-electron chi connectivity index (χ1n) is 9.27. The van der Waals surface area contributed by atoms with Gasteiger partial charge in [-0.2, -0.15) is 0 Å². The van der Waals surface area contributed by atoms with Gasteiger partial charge in [0, 0.05) is 17.8 Å². The molecule has 0 saturated carbocycles.